The molecule has 0 saturated heterocycles. The zero-order valence-corrected chi connectivity index (χ0v) is 11.5. The van der Waals surface area contributed by atoms with Crippen LogP contribution in [0.25, 0.3) is 0 Å². The monoisotopic (exact) mass is 262 g/mol. The molecule has 3 nitrogen and oxygen atoms in total. The molecule has 0 spiro atoms. The number of hydrogen-bond acceptors (Lipinski definition) is 2. The van der Waals surface area contributed by atoms with E-state index in [2.05, 4.69) is 0 Å². The maximum atomic E-state index is 11.6. The number of ether oxygens (including phenoxy) is 1. The van der Waals surface area contributed by atoms with Crippen LogP contribution < -0.4 is 0 Å². The molecule has 1 N–H and O–H groups in total. The number of carboxylic acid groups (broad SMARTS) is 1. The fourth-order valence-electron chi connectivity index (χ4n) is 2.93. The van der Waals surface area contributed by atoms with Crippen molar-refractivity contribution in [3.8, 4) is 0 Å². The number of hydrogen-bond donors (Lipinski definition) is 1. The van der Waals surface area contributed by atoms with Gasteiger partial charge in [0.2, 0.25) is 0 Å². The second kappa shape index (κ2) is 6.20. The third kappa shape index (κ3) is 3.16. The SMILES string of the molecule is CC(OCc1ccccc1)C1(C(=O)O)CCCCC1. The highest BCUT2D eigenvalue weighted by Gasteiger charge is 2.45. The molecule has 0 aliphatic heterocycles. The van der Waals surface area contributed by atoms with E-state index in [0.29, 0.717) is 6.61 Å². The van der Waals surface area contributed by atoms with Crippen molar-refractivity contribution >= 4 is 5.97 Å². The summed E-state index contributed by atoms with van der Waals surface area (Å²) in [6.45, 7) is 2.39. The van der Waals surface area contributed by atoms with Gasteiger partial charge in [-0.25, -0.2) is 0 Å². The smallest absolute Gasteiger partial charge is 0.312 e. The zero-order chi connectivity index (χ0) is 13.7. The summed E-state index contributed by atoms with van der Waals surface area (Å²) in [5.74, 6) is -0.701. The minimum atomic E-state index is -0.701. The molecule has 1 atom stereocenters. The van der Waals surface area contributed by atoms with E-state index in [1.807, 2.05) is 37.3 Å². The third-order valence-electron chi connectivity index (χ3n) is 4.29. The Morgan fingerprint density at radius 3 is 2.47 bits per heavy atom. The van der Waals surface area contributed by atoms with Crippen molar-refractivity contribution in [3.63, 3.8) is 0 Å². The van der Waals surface area contributed by atoms with Crippen molar-refractivity contribution < 1.29 is 14.6 Å². The van der Waals surface area contributed by atoms with E-state index in [0.717, 1.165) is 37.7 Å². The molecular weight excluding hydrogens is 240 g/mol. The molecule has 1 aliphatic rings. The summed E-state index contributed by atoms with van der Waals surface area (Å²) in [7, 11) is 0. The largest absolute Gasteiger partial charge is 0.481 e. The maximum Gasteiger partial charge on any atom is 0.312 e. The van der Waals surface area contributed by atoms with Crippen molar-refractivity contribution in [2.24, 2.45) is 5.41 Å². The fourth-order valence-corrected chi connectivity index (χ4v) is 2.93. The number of aliphatic carboxylic acids is 1. The summed E-state index contributed by atoms with van der Waals surface area (Å²) in [4.78, 5) is 11.6. The third-order valence-corrected chi connectivity index (χ3v) is 4.29. The zero-order valence-electron chi connectivity index (χ0n) is 11.5. The highest BCUT2D eigenvalue weighted by molar-refractivity contribution is 5.75. The van der Waals surface area contributed by atoms with Crippen LogP contribution in [0.2, 0.25) is 0 Å². The molecule has 0 heterocycles. The molecular formula is C16H22O3. The van der Waals surface area contributed by atoms with Gasteiger partial charge in [0.05, 0.1) is 18.1 Å². The van der Waals surface area contributed by atoms with E-state index in [4.69, 9.17) is 4.74 Å². The molecule has 1 aliphatic carbocycles. The van der Waals surface area contributed by atoms with Crippen LogP contribution in [-0.2, 0) is 16.1 Å². The van der Waals surface area contributed by atoms with E-state index in [9.17, 15) is 9.90 Å². The average molecular weight is 262 g/mol. The first-order valence-corrected chi connectivity index (χ1v) is 7.04. The lowest BCUT2D eigenvalue weighted by atomic mass is 9.70. The topological polar surface area (TPSA) is 46.5 Å². The molecule has 1 unspecified atom stereocenters. The molecule has 1 fully saturated rings. The van der Waals surface area contributed by atoms with Gasteiger partial charge in [-0.3, -0.25) is 4.79 Å². The van der Waals surface area contributed by atoms with Gasteiger partial charge in [0.1, 0.15) is 0 Å². The Morgan fingerprint density at radius 1 is 1.26 bits per heavy atom. The summed E-state index contributed by atoms with van der Waals surface area (Å²) in [5, 5.41) is 9.58. The van der Waals surface area contributed by atoms with Gasteiger partial charge in [0, 0.05) is 0 Å². The molecule has 19 heavy (non-hydrogen) atoms. The van der Waals surface area contributed by atoms with Gasteiger partial charge >= 0.3 is 5.97 Å². The van der Waals surface area contributed by atoms with Crippen molar-refractivity contribution in [3.05, 3.63) is 35.9 Å². The van der Waals surface area contributed by atoms with Crippen LogP contribution in [0, 0.1) is 5.41 Å². The lowest BCUT2D eigenvalue weighted by molar-refractivity contribution is -0.163. The van der Waals surface area contributed by atoms with Crippen molar-refractivity contribution in [1.29, 1.82) is 0 Å². The Bertz CT molecular complexity index is 407. The van der Waals surface area contributed by atoms with E-state index in [-0.39, 0.29) is 6.10 Å². The first-order chi connectivity index (χ1) is 9.15. The highest BCUT2D eigenvalue weighted by atomic mass is 16.5. The number of rotatable bonds is 5. The molecule has 0 amide bonds. The predicted octanol–water partition coefficient (Wildman–Crippen LogP) is 3.63. The Kier molecular flexibility index (Phi) is 4.59. The molecule has 1 saturated carbocycles. The summed E-state index contributed by atoms with van der Waals surface area (Å²) < 4.78 is 5.85. The average Bonchev–Trinajstić information content (AvgIpc) is 2.46. The quantitative estimate of drug-likeness (QED) is 0.881. The number of carbonyl (C=O) groups is 1. The first-order valence-electron chi connectivity index (χ1n) is 7.04. The Balaban J connectivity index is 2.00. The summed E-state index contributed by atoms with van der Waals surface area (Å²) in [5.41, 5.74) is 0.401. The number of benzene rings is 1. The van der Waals surface area contributed by atoms with Crippen LogP contribution in [0.15, 0.2) is 30.3 Å². The Morgan fingerprint density at radius 2 is 1.89 bits per heavy atom. The van der Waals surface area contributed by atoms with Gasteiger partial charge in [-0.2, -0.15) is 0 Å². The van der Waals surface area contributed by atoms with Crippen LogP contribution in [0.3, 0.4) is 0 Å². The van der Waals surface area contributed by atoms with Gasteiger partial charge in [0.25, 0.3) is 0 Å². The molecule has 104 valence electrons. The molecule has 3 heteroatoms. The second-order valence-electron chi connectivity index (χ2n) is 5.46. The highest BCUT2D eigenvalue weighted by Crippen LogP contribution is 2.41. The van der Waals surface area contributed by atoms with Crippen LogP contribution in [0.5, 0.6) is 0 Å². The second-order valence-corrected chi connectivity index (χ2v) is 5.46. The molecule has 1 aromatic carbocycles. The van der Waals surface area contributed by atoms with Crippen LogP contribution in [0.4, 0.5) is 0 Å². The number of carboxylic acids is 1. The first kappa shape index (κ1) is 14.1. The molecule has 2 rings (SSSR count). The van der Waals surface area contributed by atoms with E-state index in [1.54, 1.807) is 0 Å². The normalized spacial score (nSPS) is 19.8. The lowest BCUT2D eigenvalue weighted by Gasteiger charge is -2.38. The molecule has 0 aromatic heterocycles. The summed E-state index contributed by atoms with van der Waals surface area (Å²) in [6.07, 6.45) is 4.35. The lowest BCUT2D eigenvalue weighted by Crippen LogP contribution is -2.43. The Hall–Kier alpha value is -1.35. The fraction of sp³-hybridized carbons (Fsp3) is 0.562. The molecule has 0 radical (unpaired) electrons. The van der Waals surface area contributed by atoms with Gasteiger partial charge in [-0.1, -0.05) is 49.6 Å². The minimum absolute atomic E-state index is 0.245. The van der Waals surface area contributed by atoms with Crippen LogP contribution >= 0.6 is 0 Å². The van der Waals surface area contributed by atoms with Gasteiger partial charge in [-0.15, -0.1) is 0 Å². The summed E-state index contributed by atoms with van der Waals surface area (Å²) in [6, 6.07) is 9.91. The van der Waals surface area contributed by atoms with E-state index < -0.39 is 11.4 Å². The standard InChI is InChI=1S/C16H22O3/c1-13(19-12-14-8-4-2-5-9-14)16(15(17)18)10-6-3-7-11-16/h2,4-5,8-9,13H,3,6-7,10-12H2,1H3,(H,17,18). The summed E-state index contributed by atoms with van der Waals surface area (Å²) >= 11 is 0. The van der Waals surface area contributed by atoms with Crippen molar-refractivity contribution in [2.75, 3.05) is 0 Å². The van der Waals surface area contributed by atoms with Gasteiger partial charge in [-0.05, 0) is 25.3 Å². The molecule has 1 aromatic rings. The van der Waals surface area contributed by atoms with E-state index >= 15 is 0 Å². The Labute approximate surface area is 114 Å². The predicted molar refractivity (Wildman–Crippen MR) is 73.8 cm³/mol. The van der Waals surface area contributed by atoms with Crippen LogP contribution in [-0.4, -0.2) is 17.2 Å². The minimum Gasteiger partial charge on any atom is -0.481 e. The van der Waals surface area contributed by atoms with Crippen molar-refractivity contribution in [1.82, 2.24) is 0 Å². The van der Waals surface area contributed by atoms with Crippen LogP contribution in [0.1, 0.15) is 44.6 Å². The van der Waals surface area contributed by atoms with Crippen molar-refractivity contribution in [2.45, 2.75) is 51.7 Å². The van der Waals surface area contributed by atoms with E-state index in [1.165, 1.54) is 0 Å². The maximum absolute atomic E-state index is 11.6. The van der Waals surface area contributed by atoms with Gasteiger partial charge < -0.3 is 9.84 Å². The van der Waals surface area contributed by atoms with Gasteiger partial charge in [0.15, 0.2) is 0 Å². The molecule has 0 bridgehead atoms.